The van der Waals surface area contributed by atoms with E-state index in [0.717, 1.165) is 19.4 Å². The van der Waals surface area contributed by atoms with E-state index in [1.54, 1.807) is 0 Å². The maximum atomic E-state index is 6.30. The second kappa shape index (κ2) is 8.64. The maximum Gasteiger partial charge on any atom is 0.108 e. The number of aryl methyl sites for hydroxylation is 3. The summed E-state index contributed by atoms with van der Waals surface area (Å²) >= 11 is 0. The van der Waals surface area contributed by atoms with E-state index >= 15 is 0 Å². The molecule has 25 heavy (non-hydrogen) atoms. The van der Waals surface area contributed by atoms with E-state index in [0.29, 0.717) is 0 Å². The molecule has 0 aliphatic carbocycles. The van der Waals surface area contributed by atoms with E-state index in [-0.39, 0.29) is 6.10 Å². The van der Waals surface area contributed by atoms with E-state index in [4.69, 9.17) is 4.74 Å². The van der Waals surface area contributed by atoms with Crippen molar-refractivity contribution in [2.24, 2.45) is 0 Å². The predicted molar refractivity (Wildman–Crippen MR) is 105 cm³/mol. The minimum absolute atomic E-state index is 0.000169. The van der Waals surface area contributed by atoms with Crippen molar-refractivity contribution in [3.05, 3.63) is 107 Å². The molecule has 0 heterocycles. The Bertz CT molecular complexity index is 757. The molecule has 0 saturated carbocycles. The summed E-state index contributed by atoms with van der Waals surface area (Å²) in [6.45, 7) is 4.99. The SMILES string of the molecule is Cc1ccc(CCCOC(c2ccccc2)c2ccc(C)cc2)cc1. The van der Waals surface area contributed by atoms with Crippen molar-refractivity contribution in [3.63, 3.8) is 0 Å². The van der Waals surface area contributed by atoms with Crippen LogP contribution in [0.25, 0.3) is 0 Å². The summed E-state index contributed by atoms with van der Waals surface area (Å²) in [7, 11) is 0. The van der Waals surface area contributed by atoms with Crippen molar-refractivity contribution in [2.75, 3.05) is 6.61 Å². The van der Waals surface area contributed by atoms with Crippen LogP contribution < -0.4 is 0 Å². The molecule has 0 aliphatic heterocycles. The largest absolute Gasteiger partial charge is 0.369 e. The molecule has 0 N–H and O–H groups in total. The Hall–Kier alpha value is -2.38. The topological polar surface area (TPSA) is 9.23 Å². The second-order valence-corrected chi connectivity index (χ2v) is 6.66. The highest BCUT2D eigenvalue weighted by Gasteiger charge is 2.14. The van der Waals surface area contributed by atoms with Gasteiger partial charge >= 0.3 is 0 Å². The van der Waals surface area contributed by atoms with Gasteiger partial charge in [0.15, 0.2) is 0 Å². The molecule has 3 aromatic carbocycles. The van der Waals surface area contributed by atoms with Crippen LogP contribution in [0.3, 0.4) is 0 Å². The van der Waals surface area contributed by atoms with Crippen molar-refractivity contribution < 1.29 is 4.74 Å². The molecule has 1 unspecified atom stereocenters. The van der Waals surface area contributed by atoms with Crippen molar-refractivity contribution in [1.82, 2.24) is 0 Å². The van der Waals surface area contributed by atoms with Gasteiger partial charge in [0.1, 0.15) is 6.10 Å². The third kappa shape index (κ3) is 5.04. The lowest BCUT2D eigenvalue weighted by molar-refractivity contribution is 0.0783. The monoisotopic (exact) mass is 330 g/mol. The molecule has 128 valence electrons. The quantitative estimate of drug-likeness (QED) is 0.480. The number of rotatable bonds is 7. The van der Waals surface area contributed by atoms with Gasteiger partial charge in [-0.05, 0) is 43.4 Å². The number of hydrogen-bond donors (Lipinski definition) is 0. The van der Waals surface area contributed by atoms with Gasteiger partial charge in [-0.3, -0.25) is 0 Å². The molecule has 0 fully saturated rings. The molecule has 0 aromatic heterocycles. The summed E-state index contributed by atoms with van der Waals surface area (Å²) in [4.78, 5) is 0. The zero-order valence-corrected chi connectivity index (χ0v) is 15.1. The minimum Gasteiger partial charge on any atom is -0.369 e. The van der Waals surface area contributed by atoms with E-state index in [2.05, 4.69) is 86.6 Å². The van der Waals surface area contributed by atoms with Crippen molar-refractivity contribution in [3.8, 4) is 0 Å². The Balaban J connectivity index is 1.64. The van der Waals surface area contributed by atoms with Crippen LogP contribution >= 0.6 is 0 Å². The van der Waals surface area contributed by atoms with Gasteiger partial charge in [-0.25, -0.2) is 0 Å². The predicted octanol–water partition coefficient (Wildman–Crippen LogP) is 6.04. The Morgan fingerprint density at radius 3 is 1.88 bits per heavy atom. The zero-order valence-electron chi connectivity index (χ0n) is 15.1. The van der Waals surface area contributed by atoms with Gasteiger partial charge in [0, 0.05) is 6.61 Å². The van der Waals surface area contributed by atoms with Crippen molar-refractivity contribution >= 4 is 0 Å². The minimum atomic E-state index is -0.000169. The number of ether oxygens (including phenoxy) is 1. The molecule has 0 spiro atoms. The van der Waals surface area contributed by atoms with Crippen LogP contribution in [0.1, 0.15) is 40.3 Å². The molecule has 1 nitrogen and oxygen atoms in total. The normalized spacial score (nSPS) is 12.1. The molecule has 0 saturated heterocycles. The van der Waals surface area contributed by atoms with Crippen molar-refractivity contribution in [2.45, 2.75) is 32.8 Å². The lowest BCUT2D eigenvalue weighted by atomic mass is 10.0. The van der Waals surface area contributed by atoms with Crippen LogP contribution in [0, 0.1) is 13.8 Å². The van der Waals surface area contributed by atoms with E-state index < -0.39 is 0 Å². The molecule has 0 radical (unpaired) electrons. The first-order valence-corrected chi connectivity index (χ1v) is 9.01. The fraction of sp³-hybridized carbons (Fsp3) is 0.250. The molecule has 3 rings (SSSR count). The van der Waals surface area contributed by atoms with Crippen LogP contribution in [-0.4, -0.2) is 6.61 Å². The van der Waals surface area contributed by atoms with Crippen LogP contribution in [-0.2, 0) is 11.2 Å². The Kier molecular flexibility index (Phi) is 6.03. The van der Waals surface area contributed by atoms with Gasteiger partial charge in [-0.1, -0.05) is 90.0 Å². The average Bonchev–Trinajstić information content (AvgIpc) is 2.65. The first-order valence-electron chi connectivity index (χ1n) is 9.01. The summed E-state index contributed by atoms with van der Waals surface area (Å²) < 4.78 is 6.30. The highest BCUT2D eigenvalue weighted by Crippen LogP contribution is 2.26. The Morgan fingerprint density at radius 2 is 1.24 bits per heavy atom. The summed E-state index contributed by atoms with van der Waals surface area (Å²) in [6.07, 6.45) is 2.08. The molecule has 1 atom stereocenters. The zero-order chi connectivity index (χ0) is 17.5. The highest BCUT2D eigenvalue weighted by molar-refractivity contribution is 5.31. The third-order valence-corrected chi connectivity index (χ3v) is 4.50. The van der Waals surface area contributed by atoms with Crippen LogP contribution in [0.4, 0.5) is 0 Å². The molecule has 1 heteroatoms. The molecular formula is C24H26O. The Labute approximate surface area is 151 Å². The summed E-state index contributed by atoms with van der Waals surface area (Å²) in [6, 6.07) is 27.9. The van der Waals surface area contributed by atoms with Crippen LogP contribution in [0.2, 0.25) is 0 Å². The molecular weight excluding hydrogens is 304 g/mol. The Morgan fingerprint density at radius 1 is 0.680 bits per heavy atom. The van der Waals surface area contributed by atoms with Gasteiger partial charge in [0.05, 0.1) is 0 Å². The lowest BCUT2D eigenvalue weighted by Gasteiger charge is -2.19. The molecule has 0 aliphatic rings. The second-order valence-electron chi connectivity index (χ2n) is 6.66. The van der Waals surface area contributed by atoms with E-state index in [1.165, 1.54) is 27.8 Å². The van der Waals surface area contributed by atoms with Crippen LogP contribution in [0.15, 0.2) is 78.9 Å². The van der Waals surface area contributed by atoms with Crippen LogP contribution in [0.5, 0.6) is 0 Å². The van der Waals surface area contributed by atoms with Gasteiger partial charge < -0.3 is 4.74 Å². The summed E-state index contributed by atoms with van der Waals surface area (Å²) in [5.74, 6) is 0. The summed E-state index contributed by atoms with van der Waals surface area (Å²) in [5, 5.41) is 0. The fourth-order valence-electron chi connectivity index (χ4n) is 2.99. The van der Waals surface area contributed by atoms with Crippen molar-refractivity contribution in [1.29, 1.82) is 0 Å². The summed E-state index contributed by atoms with van der Waals surface area (Å²) in [5.41, 5.74) is 6.38. The molecule has 3 aromatic rings. The lowest BCUT2D eigenvalue weighted by Crippen LogP contribution is -2.08. The van der Waals surface area contributed by atoms with E-state index in [1.807, 2.05) is 6.07 Å². The first-order chi connectivity index (χ1) is 12.2. The van der Waals surface area contributed by atoms with E-state index in [9.17, 15) is 0 Å². The first kappa shape index (κ1) is 17.4. The third-order valence-electron chi connectivity index (χ3n) is 4.50. The average molecular weight is 330 g/mol. The van der Waals surface area contributed by atoms with Gasteiger partial charge in [-0.2, -0.15) is 0 Å². The molecule has 0 bridgehead atoms. The van der Waals surface area contributed by atoms with Gasteiger partial charge in [0.2, 0.25) is 0 Å². The maximum absolute atomic E-state index is 6.30. The number of benzene rings is 3. The molecule has 0 amide bonds. The van der Waals surface area contributed by atoms with Gasteiger partial charge in [0.25, 0.3) is 0 Å². The smallest absolute Gasteiger partial charge is 0.108 e. The van der Waals surface area contributed by atoms with Gasteiger partial charge in [-0.15, -0.1) is 0 Å². The standard InChI is InChI=1S/C24H26O/c1-19-10-14-21(15-11-19)7-6-18-25-24(22-8-4-3-5-9-22)23-16-12-20(2)13-17-23/h3-5,8-17,24H,6-7,18H2,1-2H3. The fourth-order valence-corrected chi connectivity index (χ4v) is 2.99. The number of hydrogen-bond acceptors (Lipinski definition) is 1. The highest BCUT2D eigenvalue weighted by atomic mass is 16.5.